The molecule has 5 nitrogen and oxygen atoms in total. The summed E-state index contributed by atoms with van der Waals surface area (Å²) in [6.07, 6.45) is 2.80. The molecule has 0 bridgehead atoms. The third-order valence-electron chi connectivity index (χ3n) is 8.39. The lowest BCUT2D eigenvalue weighted by Gasteiger charge is -2.43. The molecule has 204 valence electrons. The van der Waals surface area contributed by atoms with Crippen LogP contribution in [0, 0.1) is 17.6 Å². The van der Waals surface area contributed by atoms with Crippen LogP contribution in [-0.2, 0) is 27.0 Å². The molecule has 3 aromatic rings. The lowest BCUT2D eigenvalue weighted by Crippen LogP contribution is -2.53. The van der Waals surface area contributed by atoms with Crippen LogP contribution in [0.4, 0.5) is 8.78 Å². The Kier molecular flexibility index (Phi) is 7.80. The van der Waals surface area contributed by atoms with E-state index in [-0.39, 0.29) is 29.4 Å². The van der Waals surface area contributed by atoms with Gasteiger partial charge in [-0.1, -0.05) is 54.6 Å². The van der Waals surface area contributed by atoms with E-state index in [9.17, 15) is 18.4 Å². The van der Waals surface area contributed by atoms with Gasteiger partial charge in [-0.3, -0.25) is 9.59 Å². The van der Waals surface area contributed by atoms with Gasteiger partial charge in [0.25, 0.3) is 0 Å². The number of rotatable bonds is 9. The number of piperidine rings is 1. The highest BCUT2D eigenvalue weighted by Gasteiger charge is 2.61. The molecular formula is C32H35F2N3O2. The molecule has 0 radical (unpaired) electrons. The van der Waals surface area contributed by atoms with Gasteiger partial charge in [0, 0.05) is 33.1 Å². The summed E-state index contributed by atoms with van der Waals surface area (Å²) in [6.45, 7) is 4.29. The maximum absolute atomic E-state index is 14.2. The van der Waals surface area contributed by atoms with Gasteiger partial charge in [0.05, 0.1) is 11.0 Å². The molecule has 7 heteroatoms. The Bertz CT molecular complexity index is 1310. The molecule has 39 heavy (non-hydrogen) atoms. The molecule has 2 atom stereocenters. The Morgan fingerprint density at radius 2 is 1.59 bits per heavy atom. The summed E-state index contributed by atoms with van der Waals surface area (Å²) in [7, 11) is 0. The largest absolute Gasteiger partial charge is 0.355 e. The minimum Gasteiger partial charge on any atom is -0.355 e. The smallest absolute Gasteiger partial charge is 0.231 e. The summed E-state index contributed by atoms with van der Waals surface area (Å²) in [5.41, 5.74) is 1.60. The highest BCUT2D eigenvalue weighted by atomic mass is 19.1. The molecule has 1 saturated heterocycles. The summed E-state index contributed by atoms with van der Waals surface area (Å²) in [4.78, 5) is 28.0. The van der Waals surface area contributed by atoms with Crippen molar-refractivity contribution in [2.75, 3.05) is 26.2 Å². The number of carbonyl (C=O) groups excluding carboxylic acids is 2. The van der Waals surface area contributed by atoms with Crippen molar-refractivity contribution in [1.82, 2.24) is 15.5 Å². The highest BCUT2D eigenvalue weighted by molar-refractivity contribution is 5.92. The molecule has 2 fully saturated rings. The lowest BCUT2D eigenvalue weighted by molar-refractivity contribution is -0.124. The maximum atomic E-state index is 14.2. The van der Waals surface area contributed by atoms with E-state index in [1.165, 1.54) is 24.3 Å². The fraction of sp³-hybridized carbons (Fsp3) is 0.375. The topological polar surface area (TPSA) is 61.4 Å². The molecule has 2 N–H and O–H groups in total. The third kappa shape index (κ3) is 5.88. The Morgan fingerprint density at radius 1 is 0.897 bits per heavy atom. The van der Waals surface area contributed by atoms with E-state index in [2.05, 4.69) is 27.7 Å². The molecule has 0 unspecified atom stereocenters. The Morgan fingerprint density at radius 3 is 2.26 bits per heavy atom. The fourth-order valence-electron chi connectivity index (χ4n) is 6.22. The van der Waals surface area contributed by atoms with Crippen LogP contribution in [0.3, 0.4) is 0 Å². The molecule has 1 aliphatic heterocycles. The Labute approximate surface area is 228 Å². The van der Waals surface area contributed by atoms with E-state index < -0.39 is 11.0 Å². The zero-order chi connectivity index (χ0) is 27.5. The van der Waals surface area contributed by atoms with Gasteiger partial charge in [-0.05, 0) is 72.6 Å². The van der Waals surface area contributed by atoms with Crippen molar-refractivity contribution >= 4 is 11.8 Å². The summed E-state index contributed by atoms with van der Waals surface area (Å²) in [5.74, 6) is -0.705. The number of nitrogens with one attached hydrogen (secondary N) is 2. The average molecular weight is 532 g/mol. The lowest BCUT2D eigenvalue weighted by atomic mass is 9.80. The molecule has 2 aliphatic rings. The number of benzene rings is 3. The standard InChI is InChI=1S/C32H35F2N3O2/c1-23(38)36-31(25-6-3-2-4-7-25)15-18-37(19-16-31)22-27-21-32(27,26-8-5-9-29(34)20-26)30(39)35-17-14-24-10-12-28(33)13-11-24/h2-13,20,27H,14-19,21-22H2,1H3,(H,35,39)(H,36,38)/t27-,32+/m0/s1. The van der Waals surface area contributed by atoms with E-state index in [1.54, 1.807) is 25.1 Å². The van der Waals surface area contributed by atoms with Crippen LogP contribution in [-0.4, -0.2) is 42.9 Å². The van der Waals surface area contributed by atoms with E-state index in [1.807, 2.05) is 24.3 Å². The van der Waals surface area contributed by atoms with Gasteiger partial charge in [-0.25, -0.2) is 8.78 Å². The van der Waals surface area contributed by atoms with Crippen molar-refractivity contribution in [1.29, 1.82) is 0 Å². The highest BCUT2D eigenvalue weighted by Crippen LogP contribution is 2.55. The average Bonchev–Trinajstić information content (AvgIpc) is 3.66. The van der Waals surface area contributed by atoms with Crippen LogP contribution in [0.15, 0.2) is 78.9 Å². The van der Waals surface area contributed by atoms with Crippen LogP contribution in [0.2, 0.25) is 0 Å². The molecule has 1 aliphatic carbocycles. The van der Waals surface area contributed by atoms with Gasteiger partial charge in [-0.15, -0.1) is 0 Å². The van der Waals surface area contributed by atoms with Crippen molar-refractivity contribution < 1.29 is 18.4 Å². The Hall–Kier alpha value is -3.58. The first-order chi connectivity index (χ1) is 18.8. The van der Waals surface area contributed by atoms with Gasteiger partial charge < -0.3 is 15.5 Å². The summed E-state index contributed by atoms with van der Waals surface area (Å²) in [6, 6.07) is 22.8. The Balaban J connectivity index is 1.26. The van der Waals surface area contributed by atoms with Crippen LogP contribution in [0.25, 0.3) is 0 Å². The SMILES string of the molecule is CC(=O)NC1(c2ccccc2)CCN(C[C@@H]2C[C@@]2(C(=O)NCCc2ccc(F)cc2)c2cccc(F)c2)CC1. The number of hydrogen-bond donors (Lipinski definition) is 2. The van der Waals surface area contributed by atoms with Crippen LogP contribution < -0.4 is 10.6 Å². The second kappa shape index (κ2) is 11.3. The second-order valence-corrected chi connectivity index (χ2v) is 10.9. The quantitative estimate of drug-likeness (QED) is 0.421. The first-order valence-electron chi connectivity index (χ1n) is 13.7. The van der Waals surface area contributed by atoms with Crippen LogP contribution in [0.5, 0.6) is 0 Å². The van der Waals surface area contributed by atoms with Crippen molar-refractivity contribution in [2.45, 2.75) is 43.6 Å². The van der Waals surface area contributed by atoms with E-state index in [0.717, 1.165) is 43.6 Å². The summed E-state index contributed by atoms with van der Waals surface area (Å²) < 4.78 is 27.4. The molecule has 5 rings (SSSR count). The number of carbonyl (C=O) groups is 2. The predicted molar refractivity (Wildman–Crippen MR) is 147 cm³/mol. The minimum absolute atomic E-state index is 0.0445. The van der Waals surface area contributed by atoms with E-state index >= 15 is 0 Å². The van der Waals surface area contributed by atoms with Crippen LogP contribution in [0.1, 0.15) is 42.9 Å². The van der Waals surface area contributed by atoms with Crippen LogP contribution >= 0.6 is 0 Å². The van der Waals surface area contributed by atoms with Gasteiger partial charge >= 0.3 is 0 Å². The van der Waals surface area contributed by atoms with Crippen molar-refractivity contribution in [3.05, 3.63) is 107 Å². The van der Waals surface area contributed by atoms with Gasteiger partial charge in [0.1, 0.15) is 11.6 Å². The first kappa shape index (κ1) is 27.0. The summed E-state index contributed by atoms with van der Waals surface area (Å²) >= 11 is 0. The molecule has 0 aromatic heterocycles. The number of amides is 2. The second-order valence-electron chi connectivity index (χ2n) is 10.9. The number of hydrogen-bond acceptors (Lipinski definition) is 3. The van der Waals surface area contributed by atoms with Crippen molar-refractivity contribution in [3.63, 3.8) is 0 Å². The molecular weight excluding hydrogens is 496 g/mol. The van der Waals surface area contributed by atoms with E-state index in [4.69, 9.17) is 0 Å². The number of likely N-dealkylation sites (tertiary alicyclic amines) is 1. The van der Waals surface area contributed by atoms with Crippen molar-refractivity contribution in [3.8, 4) is 0 Å². The zero-order valence-corrected chi connectivity index (χ0v) is 22.3. The molecule has 0 spiro atoms. The molecule has 1 heterocycles. The summed E-state index contributed by atoms with van der Waals surface area (Å²) in [5, 5.41) is 6.28. The van der Waals surface area contributed by atoms with Crippen molar-refractivity contribution in [2.24, 2.45) is 5.92 Å². The fourth-order valence-corrected chi connectivity index (χ4v) is 6.22. The third-order valence-corrected chi connectivity index (χ3v) is 8.39. The van der Waals surface area contributed by atoms with Gasteiger partial charge in [0.2, 0.25) is 11.8 Å². The normalized spacial score (nSPS) is 22.2. The molecule has 3 aromatic carbocycles. The number of nitrogens with zero attached hydrogens (tertiary/aromatic N) is 1. The maximum Gasteiger partial charge on any atom is 0.231 e. The first-order valence-corrected chi connectivity index (χ1v) is 13.7. The van der Waals surface area contributed by atoms with E-state index in [0.29, 0.717) is 24.9 Å². The molecule has 2 amide bonds. The van der Waals surface area contributed by atoms with Gasteiger partial charge in [0.15, 0.2) is 0 Å². The minimum atomic E-state index is -0.767. The van der Waals surface area contributed by atoms with Gasteiger partial charge in [-0.2, -0.15) is 0 Å². The number of halogens is 2. The monoisotopic (exact) mass is 531 g/mol. The molecule has 1 saturated carbocycles. The zero-order valence-electron chi connectivity index (χ0n) is 22.3. The predicted octanol–water partition coefficient (Wildman–Crippen LogP) is 4.71.